The van der Waals surface area contributed by atoms with Crippen molar-refractivity contribution in [3.8, 4) is 0 Å². The van der Waals surface area contributed by atoms with Gasteiger partial charge in [-0.25, -0.2) is 9.18 Å². The van der Waals surface area contributed by atoms with E-state index in [0.29, 0.717) is 16.9 Å². The summed E-state index contributed by atoms with van der Waals surface area (Å²) in [6, 6.07) is 12.8. The number of carboxylic acids is 1. The Kier molecular flexibility index (Phi) is 4.99. The van der Waals surface area contributed by atoms with Gasteiger partial charge in [-0.15, -0.1) is 0 Å². The van der Waals surface area contributed by atoms with Gasteiger partial charge < -0.3 is 15.3 Å². The van der Waals surface area contributed by atoms with Crippen LogP contribution in [-0.2, 0) is 4.79 Å². The molecule has 2 aromatic carbocycles. The zero-order valence-corrected chi connectivity index (χ0v) is 13.4. The van der Waals surface area contributed by atoms with Crippen molar-refractivity contribution in [1.82, 2.24) is 0 Å². The second kappa shape index (κ2) is 7.34. The minimum absolute atomic E-state index is 0.320. The van der Waals surface area contributed by atoms with Gasteiger partial charge in [0.1, 0.15) is 5.82 Å². The molecule has 24 heavy (non-hydrogen) atoms. The predicted octanol–water partition coefficient (Wildman–Crippen LogP) is 4.05. The Morgan fingerprint density at radius 1 is 1.08 bits per heavy atom. The van der Waals surface area contributed by atoms with Gasteiger partial charge in [-0.1, -0.05) is 30.3 Å². The lowest BCUT2D eigenvalue weighted by Gasteiger charge is -2.29. The Labute approximate surface area is 140 Å². The number of halogens is 1. The molecule has 1 saturated heterocycles. The highest BCUT2D eigenvalue weighted by molar-refractivity contribution is 5.79. The zero-order valence-electron chi connectivity index (χ0n) is 13.4. The number of anilines is 2. The second-order valence-electron chi connectivity index (χ2n) is 6.04. The van der Waals surface area contributed by atoms with Gasteiger partial charge in [0, 0.05) is 18.8 Å². The average Bonchev–Trinajstić information content (AvgIpc) is 2.61. The fraction of sp³-hybridized carbons (Fsp3) is 0.316. The first-order valence-electron chi connectivity index (χ1n) is 8.24. The van der Waals surface area contributed by atoms with E-state index in [9.17, 15) is 14.3 Å². The maximum absolute atomic E-state index is 14.5. The summed E-state index contributed by atoms with van der Waals surface area (Å²) in [7, 11) is 0. The van der Waals surface area contributed by atoms with E-state index in [1.165, 1.54) is 12.5 Å². The number of aliphatic carboxylic acids is 1. The van der Waals surface area contributed by atoms with Crippen molar-refractivity contribution < 1.29 is 14.3 Å². The summed E-state index contributed by atoms with van der Waals surface area (Å²) in [6.45, 7) is 1.73. The monoisotopic (exact) mass is 328 g/mol. The fourth-order valence-corrected chi connectivity index (χ4v) is 3.09. The van der Waals surface area contributed by atoms with Crippen LogP contribution in [0, 0.1) is 5.82 Å². The quantitative estimate of drug-likeness (QED) is 0.869. The molecule has 0 radical (unpaired) electrons. The molecule has 2 aromatic rings. The fourth-order valence-electron chi connectivity index (χ4n) is 3.09. The van der Waals surface area contributed by atoms with Gasteiger partial charge in [-0.2, -0.15) is 0 Å². The summed E-state index contributed by atoms with van der Waals surface area (Å²) >= 11 is 0. The number of carboxylic acid groups (broad SMARTS) is 1. The van der Waals surface area contributed by atoms with Crippen LogP contribution in [-0.4, -0.2) is 24.2 Å². The van der Waals surface area contributed by atoms with Crippen molar-refractivity contribution in [2.24, 2.45) is 0 Å². The van der Waals surface area contributed by atoms with Crippen molar-refractivity contribution in [1.29, 1.82) is 0 Å². The normalized spacial score (nSPS) is 15.8. The van der Waals surface area contributed by atoms with Crippen LogP contribution in [0.4, 0.5) is 15.8 Å². The number of nitrogens with zero attached hydrogens (tertiary/aromatic N) is 1. The molecule has 1 aliphatic rings. The van der Waals surface area contributed by atoms with E-state index in [4.69, 9.17) is 0 Å². The molecule has 1 unspecified atom stereocenters. The van der Waals surface area contributed by atoms with Crippen LogP contribution in [0.5, 0.6) is 0 Å². The average molecular weight is 328 g/mol. The number of hydrogen-bond acceptors (Lipinski definition) is 3. The number of benzene rings is 2. The zero-order chi connectivity index (χ0) is 16.9. The number of nitrogens with one attached hydrogen (secondary N) is 1. The molecule has 0 spiro atoms. The van der Waals surface area contributed by atoms with E-state index in [1.807, 2.05) is 6.07 Å². The number of carbonyl (C=O) groups is 1. The smallest absolute Gasteiger partial charge is 0.330 e. The molecule has 0 saturated carbocycles. The lowest BCUT2D eigenvalue weighted by atomic mass is 10.1. The Balaban J connectivity index is 1.79. The van der Waals surface area contributed by atoms with Crippen LogP contribution in [0.15, 0.2) is 48.5 Å². The molecule has 2 N–H and O–H groups in total. The minimum atomic E-state index is -0.998. The standard InChI is InChI=1S/C19H21FN2O2/c20-16-13-15(9-10-17(16)22-11-5-2-6-12-22)21-18(19(23)24)14-7-3-1-4-8-14/h1,3-4,7-10,13,18,21H,2,5-6,11-12H2,(H,23,24). The minimum Gasteiger partial charge on any atom is -0.479 e. The summed E-state index contributed by atoms with van der Waals surface area (Å²) in [4.78, 5) is 13.6. The third-order valence-corrected chi connectivity index (χ3v) is 4.34. The first-order chi connectivity index (χ1) is 11.6. The lowest BCUT2D eigenvalue weighted by Crippen LogP contribution is -2.30. The molecule has 0 aliphatic carbocycles. The molecule has 1 atom stereocenters. The van der Waals surface area contributed by atoms with Gasteiger partial charge >= 0.3 is 5.97 Å². The molecule has 1 aliphatic heterocycles. The SMILES string of the molecule is O=C(O)C(Nc1ccc(N2CCCCC2)c(F)c1)c1ccccc1. The van der Waals surface area contributed by atoms with Gasteiger partial charge in [0.15, 0.2) is 6.04 Å². The Bertz CT molecular complexity index is 700. The molecular weight excluding hydrogens is 307 g/mol. The predicted molar refractivity (Wildman–Crippen MR) is 92.9 cm³/mol. The van der Waals surface area contributed by atoms with Crippen molar-refractivity contribution in [2.75, 3.05) is 23.3 Å². The number of rotatable bonds is 5. The van der Waals surface area contributed by atoms with E-state index in [1.54, 1.807) is 36.4 Å². The highest BCUT2D eigenvalue weighted by Crippen LogP contribution is 2.27. The number of piperidine rings is 1. The van der Waals surface area contributed by atoms with Crippen LogP contribution >= 0.6 is 0 Å². The van der Waals surface area contributed by atoms with Crippen molar-refractivity contribution >= 4 is 17.3 Å². The van der Waals surface area contributed by atoms with Gasteiger partial charge in [0.05, 0.1) is 5.69 Å². The number of hydrogen-bond donors (Lipinski definition) is 2. The molecule has 126 valence electrons. The van der Waals surface area contributed by atoms with Crippen molar-refractivity contribution in [2.45, 2.75) is 25.3 Å². The Hall–Kier alpha value is -2.56. The van der Waals surface area contributed by atoms with Gasteiger partial charge in [-0.3, -0.25) is 0 Å². The van der Waals surface area contributed by atoms with Gasteiger partial charge in [0.2, 0.25) is 0 Å². The van der Waals surface area contributed by atoms with Gasteiger partial charge in [-0.05, 0) is 43.0 Å². The summed E-state index contributed by atoms with van der Waals surface area (Å²) < 4.78 is 14.5. The third-order valence-electron chi connectivity index (χ3n) is 4.34. The maximum atomic E-state index is 14.5. The van der Waals surface area contributed by atoms with Crippen LogP contribution in [0.2, 0.25) is 0 Å². The first kappa shape index (κ1) is 16.3. The summed E-state index contributed by atoms with van der Waals surface area (Å²) in [6.07, 6.45) is 3.35. The molecule has 0 aromatic heterocycles. The van der Waals surface area contributed by atoms with Crippen LogP contribution < -0.4 is 10.2 Å². The van der Waals surface area contributed by atoms with Crippen LogP contribution in [0.3, 0.4) is 0 Å². The molecule has 0 bridgehead atoms. The molecule has 1 heterocycles. The summed E-state index contributed by atoms with van der Waals surface area (Å²) in [5.41, 5.74) is 1.68. The Morgan fingerprint density at radius 3 is 2.42 bits per heavy atom. The van der Waals surface area contributed by atoms with E-state index in [0.717, 1.165) is 25.9 Å². The van der Waals surface area contributed by atoms with Gasteiger partial charge in [0.25, 0.3) is 0 Å². The van der Waals surface area contributed by atoms with Crippen LogP contribution in [0.1, 0.15) is 30.9 Å². The molecule has 4 nitrogen and oxygen atoms in total. The largest absolute Gasteiger partial charge is 0.479 e. The van der Waals surface area contributed by atoms with Crippen LogP contribution in [0.25, 0.3) is 0 Å². The van der Waals surface area contributed by atoms with Crippen molar-refractivity contribution in [3.05, 3.63) is 59.9 Å². The van der Waals surface area contributed by atoms with Crippen molar-refractivity contribution in [3.63, 3.8) is 0 Å². The molecule has 5 heteroatoms. The molecular formula is C19H21FN2O2. The molecule has 0 amide bonds. The third kappa shape index (κ3) is 3.67. The molecule has 1 fully saturated rings. The molecule has 3 rings (SSSR count). The topological polar surface area (TPSA) is 52.6 Å². The van der Waals surface area contributed by atoms with E-state index in [2.05, 4.69) is 10.2 Å². The summed E-state index contributed by atoms with van der Waals surface area (Å²) in [5.74, 6) is -1.32. The lowest BCUT2D eigenvalue weighted by molar-refractivity contribution is -0.138. The van der Waals surface area contributed by atoms with E-state index >= 15 is 0 Å². The van der Waals surface area contributed by atoms with E-state index < -0.39 is 12.0 Å². The Morgan fingerprint density at radius 2 is 1.79 bits per heavy atom. The highest BCUT2D eigenvalue weighted by Gasteiger charge is 2.20. The maximum Gasteiger partial charge on any atom is 0.330 e. The van der Waals surface area contributed by atoms with E-state index in [-0.39, 0.29) is 5.82 Å². The highest BCUT2D eigenvalue weighted by atomic mass is 19.1. The second-order valence-corrected chi connectivity index (χ2v) is 6.04. The first-order valence-corrected chi connectivity index (χ1v) is 8.24. The summed E-state index contributed by atoms with van der Waals surface area (Å²) in [5, 5.41) is 12.4.